The van der Waals surface area contributed by atoms with E-state index in [9.17, 15) is 19.7 Å². The summed E-state index contributed by atoms with van der Waals surface area (Å²) in [5, 5.41) is 17.0. The van der Waals surface area contributed by atoms with E-state index in [1.165, 1.54) is 6.07 Å². The van der Waals surface area contributed by atoms with Crippen molar-refractivity contribution in [3.63, 3.8) is 0 Å². The molecule has 1 aliphatic heterocycles. The molecule has 9 nitrogen and oxygen atoms in total. The van der Waals surface area contributed by atoms with Crippen LogP contribution in [0.5, 0.6) is 0 Å². The molecule has 1 fully saturated rings. The van der Waals surface area contributed by atoms with E-state index in [0.29, 0.717) is 18.0 Å². The first kappa shape index (κ1) is 22.4. The second kappa shape index (κ2) is 10.6. The van der Waals surface area contributed by atoms with E-state index in [2.05, 4.69) is 10.6 Å². The molecule has 2 N–H and O–H groups in total. The first-order chi connectivity index (χ1) is 13.8. The van der Waals surface area contributed by atoms with Gasteiger partial charge in [0.2, 0.25) is 0 Å². The van der Waals surface area contributed by atoms with Gasteiger partial charge in [-0.3, -0.25) is 14.9 Å². The van der Waals surface area contributed by atoms with Crippen LogP contribution in [0, 0.1) is 16.0 Å². The van der Waals surface area contributed by atoms with Crippen LogP contribution in [0.4, 0.5) is 16.2 Å². The Morgan fingerprint density at radius 3 is 2.55 bits per heavy atom. The average molecular weight is 406 g/mol. The number of hydrogen-bond donors (Lipinski definition) is 2. The van der Waals surface area contributed by atoms with Crippen LogP contribution in [-0.4, -0.2) is 49.2 Å². The maximum atomic E-state index is 12.6. The highest BCUT2D eigenvalue weighted by Crippen LogP contribution is 2.31. The zero-order chi connectivity index (χ0) is 21.4. The van der Waals surface area contributed by atoms with Gasteiger partial charge in [-0.1, -0.05) is 13.8 Å². The molecule has 0 saturated carbocycles. The first-order valence-electron chi connectivity index (χ1n) is 10.1. The molecular weight excluding hydrogens is 376 g/mol. The van der Waals surface area contributed by atoms with Gasteiger partial charge in [0.15, 0.2) is 0 Å². The number of nitrogens with one attached hydrogen (secondary N) is 2. The summed E-state index contributed by atoms with van der Waals surface area (Å²) in [5.74, 6) is -0.111. The van der Waals surface area contributed by atoms with Gasteiger partial charge in [-0.15, -0.1) is 0 Å². The lowest BCUT2D eigenvalue weighted by molar-refractivity contribution is -0.384. The van der Waals surface area contributed by atoms with Crippen LogP contribution in [-0.2, 0) is 4.74 Å². The number of rotatable bonds is 9. The SMILES string of the molecule is CCOC(=O)NC(CNC(=O)c1ccc(N2CCCC2)c([N+](=O)[O-])c1)CC(C)C. The van der Waals surface area contributed by atoms with Gasteiger partial charge in [0.05, 0.1) is 11.5 Å². The number of alkyl carbamates (subject to hydrolysis) is 1. The number of nitrogens with zero attached hydrogens (tertiary/aromatic N) is 2. The van der Waals surface area contributed by atoms with Crippen molar-refractivity contribution in [1.82, 2.24) is 10.6 Å². The summed E-state index contributed by atoms with van der Waals surface area (Å²) in [4.78, 5) is 37.3. The molecule has 1 aromatic carbocycles. The third-order valence-corrected chi connectivity index (χ3v) is 4.74. The van der Waals surface area contributed by atoms with Crippen LogP contribution >= 0.6 is 0 Å². The Labute approximate surface area is 170 Å². The molecule has 1 aliphatic rings. The number of ether oxygens (including phenoxy) is 1. The fourth-order valence-electron chi connectivity index (χ4n) is 3.46. The lowest BCUT2D eigenvalue weighted by Crippen LogP contribution is -2.44. The molecular formula is C20H30N4O5. The maximum Gasteiger partial charge on any atom is 0.407 e. The lowest BCUT2D eigenvalue weighted by Gasteiger charge is -2.21. The number of benzene rings is 1. The molecule has 1 aromatic rings. The number of amides is 2. The molecule has 2 amide bonds. The van der Waals surface area contributed by atoms with Crippen molar-refractivity contribution in [3.05, 3.63) is 33.9 Å². The minimum atomic E-state index is -0.530. The topological polar surface area (TPSA) is 114 Å². The summed E-state index contributed by atoms with van der Waals surface area (Å²) in [7, 11) is 0. The van der Waals surface area contributed by atoms with Gasteiger partial charge in [-0.05, 0) is 44.2 Å². The number of nitro groups is 1. The molecule has 1 heterocycles. The lowest BCUT2D eigenvalue weighted by atomic mass is 10.0. The van der Waals surface area contributed by atoms with Gasteiger partial charge in [0, 0.05) is 37.3 Å². The van der Waals surface area contributed by atoms with Gasteiger partial charge in [-0.25, -0.2) is 4.79 Å². The molecule has 1 unspecified atom stereocenters. The minimum absolute atomic E-state index is 0.0667. The van der Waals surface area contributed by atoms with E-state index in [0.717, 1.165) is 25.9 Å². The molecule has 1 atom stereocenters. The van der Waals surface area contributed by atoms with Crippen LogP contribution in [0.1, 0.15) is 50.4 Å². The predicted octanol–water partition coefficient (Wildman–Crippen LogP) is 3.09. The summed E-state index contributed by atoms with van der Waals surface area (Å²) < 4.78 is 4.91. The Morgan fingerprint density at radius 2 is 1.97 bits per heavy atom. The second-order valence-electron chi connectivity index (χ2n) is 7.56. The molecule has 0 aliphatic carbocycles. The van der Waals surface area contributed by atoms with Crippen LogP contribution in [0.2, 0.25) is 0 Å². The third-order valence-electron chi connectivity index (χ3n) is 4.74. The predicted molar refractivity (Wildman–Crippen MR) is 110 cm³/mol. The van der Waals surface area contributed by atoms with Crippen molar-refractivity contribution < 1.29 is 19.2 Å². The molecule has 9 heteroatoms. The average Bonchev–Trinajstić information content (AvgIpc) is 3.19. The molecule has 2 rings (SSSR count). The standard InChI is InChI=1S/C20H30N4O5/c1-4-29-20(26)22-16(11-14(2)3)13-21-19(25)15-7-8-17(18(12-15)24(27)28)23-9-5-6-10-23/h7-8,12,14,16H,4-6,9-11,13H2,1-3H3,(H,21,25)(H,22,26). The van der Waals surface area contributed by atoms with Crippen molar-refractivity contribution in [2.75, 3.05) is 31.1 Å². The van der Waals surface area contributed by atoms with Crippen LogP contribution < -0.4 is 15.5 Å². The first-order valence-corrected chi connectivity index (χ1v) is 10.1. The number of nitro benzene ring substituents is 1. The summed E-state index contributed by atoms with van der Waals surface area (Å²) in [5.41, 5.74) is 0.702. The van der Waals surface area contributed by atoms with Crippen molar-refractivity contribution in [3.8, 4) is 0 Å². The molecule has 29 heavy (non-hydrogen) atoms. The molecule has 0 spiro atoms. The summed E-state index contributed by atoms with van der Waals surface area (Å²) in [6, 6.07) is 4.27. The smallest absolute Gasteiger partial charge is 0.407 e. The van der Waals surface area contributed by atoms with Crippen molar-refractivity contribution in [2.45, 2.75) is 46.1 Å². The fourth-order valence-corrected chi connectivity index (χ4v) is 3.46. The monoisotopic (exact) mass is 406 g/mol. The zero-order valence-electron chi connectivity index (χ0n) is 17.3. The third kappa shape index (κ3) is 6.62. The Kier molecular flexibility index (Phi) is 8.23. The molecule has 0 aromatic heterocycles. The van der Waals surface area contributed by atoms with Gasteiger partial charge in [0.25, 0.3) is 11.6 Å². The van der Waals surface area contributed by atoms with Crippen molar-refractivity contribution in [1.29, 1.82) is 0 Å². The Balaban J connectivity index is 2.07. The quantitative estimate of drug-likeness (QED) is 0.481. The van der Waals surface area contributed by atoms with E-state index in [1.54, 1.807) is 19.1 Å². The van der Waals surface area contributed by atoms with E-state index in [1.807, 2.05) is 18.7 Å². The Morgan fingerprint density at radius 1 is 1.28 bits per heavy atom. The fraction of sp³-hybridized carbons (Fsp3) is 0.600. The van der Waals surface area contributed by atoms with Crippen LogP contribution in [0.3, 0.4) is 0 Å². The van der Waals surface area contributed by atoms with Gasteiger partial charge < -0.3 is 20.3 Å². The van der Waals surface area contributed by atoms with Crippen molar-refractivity contribution in [2.24, 2.45) is 5.92 Å². The number of carbonyl (C=O) groups excluding carboxylic acids is 2. The minimum Gasteiger partial charge on any atom is -0.450 e. The van der Waals surface area contributed by atoms with Gasteiger partial charge in [0.1, 0.15) is 5.69 Å². The number of hydrogen-bond acceptors (Lipinski definition) is 6. The van der Waals surface area contributed by atoms with Gasteiger partial charge >= 0.3 is 6.09 Å². The van der Waals surface area contributed by atoms with E-state index < -0.39 is 16.9 Å². The van der Waals surface area contributed by atoms with Gasteiger partial charge in [-0.2, -0.15) is 0 Å². The normalized spacial score (nSPS) is 14.6. The van der Waals surface area contributed by atoms with E-state index in [-0.39, 0.29) is 30.4 Å². The van der Waals surface area contributed by atoms with E-state index in [4.69, 9.17) is 4.74 Å². The highest BCUT2D eigenvalue weighted by Gasteiger charge is 2.24. The highest BCUT2D eigenvalue weighted by molar-refractivity contribution is 5.95. The zero-order valence-corrected chi connectivity index (χ0v) is 17.3. The van der Waals surface area contributed by atoms with Crippen LogP contribution in [0.15, 0.2) is 18.2 Å². The maximum absolute atomic E-state index is 12.6. The Bertz CT molecular complexity index is 732. The largest absolute Gasteiger partial charge is 0.450 e. The van der Waals surface area contributed by atoms with Crippen molar-refractivity contribution >= 4 is 23.4 Å². The molecule has 160 valence electrons. The van der Waals surface area contributed by atoms with E-state index >= 15 is 0 Å². The Hall–Kier alpha value is -2.84. The van der Waals surface area contributed by atoms with Crippen LogP contribution in [0.25, 0.3) is 0 Å². The highest BCUT2D eigenvalue weighted by atomic mass is 16.6. The number of anilines is 1. The summed E-state index contributed by atoms with van der Waals surface area (Å²) in [6.07, 6.45) is 2.14. The molecule has 1 saturated heterocycles. The molecule has 0 radical (unpaired) electrons. The second-order valence-corrected chi connectivity index (χ2v) is 7.56. The number of carbonyl (C=O) groups is 2. The summed E-state index contributed by atoms with van der Waals surface area (Å²) in [6.45, 7) is 7.78. The molecule has 0 bridgehead atoms. The summed E-state index contributed by atoms with van der Waals surface area (Å²) >= 11 is 0.